The van der Waals surface area contributed by atoms with Crippen LogP contribution in [0, 0.1) is 13.8 Å². The molecule has 0 saturated heterocycles. The Labute approximate surface area is 117 Å². The summed E-state index contributed by atoms with van der Waals surface area (Å²) in [5.74, 6) is 0. The molecule has 2 rings (SSSR count). The van der Waals surface area contributed by atoms with Crippen LogP contribution < -0.4 is 5.73 Å². The molecule has 0 saturated carbocycles. The van der Waals surface area contributed by atoms with E-state index < -0.39 is 0 Å². The first-order chi connectivity index (χ1) is 8.56. The zero-order valence-corrected chi connectivity index (χ0v) is 12.4. The highest BCUT2D eigenvalue weighted by Gasteiger charge is 2.08. The lowest BCUT2D eigenvalue weighted by molar-refractivity contribution is 0.720. The van der Waals surface area contributed by atoms with Gasteiger partial charge in [-0.25, -0.2) is 0 Å². The third kappa shape index (κ3) is 3.21. The Morgan fingerprint density at radius 1 is 1.06 bits per heavy atom. The number of aryl methyl sites for hydroxylation is 2. The van der Waals surface area contributed by atoms with E-state index in [1.54, 1.807) is 0 Å². The average Bonchev–Trinajstić information content (AvgIpc) is 2.32. The normalized spacial score (nSPS) is 12.4. The Morgan fingerprint density at radius 3 is 2.50 bits per heavy atom. The average molecular weight is 304 g/mol. The molecule has 0 aliphatic carbocycles. The Balaban J connectivity index is 2.16. The van der Waals surface area contributed by atoms with Crippen LogP contribution >= 0.6 is 15.9 Å². The first kappa shape index (κ1) is 13.3. The van der Waals surface area contributed by atoms with Gasteiger partial charge in [0.05, 0.1) is 0 Å². The molecule has 94 valence electrons. The van der Waals surface area contributed by atoms with Crippen LogP contribution in [0.3, 0.4) is 0 Å². The molecule has 0 amide bonds. The molecule has 2 aromatic carbocycles. The second-order valence-electron chi connectivity index (χ2n) is 4.78. The topological polar surface area (TPSA) is 26.0 Å². The highest BCUT2D eigenvalue weighted by atomic mass is 79.9. The van der Waals surface area contributed by atoms with Crippen molar-refractivity contribution in [3.63, 3.8) is 0 Å². The van der Waals surface area contributed by atoms with Gasteiger partial charge in [0.25, 0.3) is 0 Å². The van der Waals surface area contributed by atoms with E-state index >= 15 is 0 Å². The first-order valence-electron chi connectivity index (χ1n) is 6.13. The fourth-order valence-electron chi connectivity index (χ4n) is 2.03. The van der Waals surface area contributed by atoms with Crippen molar-refractivity contribution in [1.82, 2.24) is 0 Å². The summed E-state index contributed by atoms with van der Waals surface area (Å²) in [4.78, 5) is 0. The SMILES string of the molecule is Cc1ccc(C(N)Cc2cccc(Br)c2)cc1C. The molecule has 1 atom stereocenters. The number of halogens is 1. The minimum Gasteiger partial charge on any atom is -0.324 e. The maximum absolute atomic E-state index is 6.28. The molecule has 18 heavy (non-hydrogen) atoms. The number of nitrogens with two attached hydrogens (primary N) is 1. The molecule has 2 heteroatoms. The van der Waals surface area contributed by atoms with Gasteiger partial charge >= 0.3 is 0 Å². The number of rotatable bonds is 3. The molecule has 1 unspecified atom stereocenters. The lowest BCUT2D eigenvalue weighted by Gasteiger charge is -2.14. The summed E-state index contributed by atoms with van der Waals surface area (Å²) in [6.45, 7) is 4.25. The van der Waals surface area contributed by atoms with Gasteiger partial charge in [-0.2, -0.15) is 0 Å². The van der Waals surface area contributed by atoms with E-state index in [0.717, 1.165) is 10.9 Å². The fraction of sp³-hybridized carbons (Fsp3) is 0.250. The van der Waals surface area contributed by atoms with Crippen molar-refractivity contribution in [1.29, 1.82) is 0 Å². The van der Waals surface area contributed by atoms with E-state index in [4.69, 9.17) is 5.73 Å². The molecule has 0 fully saturated rings. The second-order valence-corrected chi connectivity index (χ2v) is 5.70. The predicted molar refractivity (Wildman–Crippen MR) is 80.7 cm³/mol. The third-order valence-electron chi connectivity index (χ3n) is 3.30. The first-order valence-corrected chi connectivity index (χ1v) is 6.93. The van der Waals surface area contributed by atoms with Crippen molar-refractivity contribution < 1.29 is 0 Å². The lowest BCUT2D eigenvalue weighted by Crippen LogP contribution is -2.13. The second kappa shape index (κ2) is 5.68. The van der Waals surface area contributed by atoms with Gasteiger partial charge in [-0.15, -0.1) is 0 Å². The monoisotopic (exact) mass is 303 g/mol. The minimum absolute atomic E-state index is 0.0543. The van der Waals surface area contributed by atoms with Crippen LogP contribution in [0.1, 0.15) is 28.3 Å². The molecule has 0 spiro atoms. The molecule has 0 aliphatic heterocycles. The molecule has 0 heterocycles. The van der Waals surface area contributed by atoms with Crippen molar-refractivity contribution in [2.75, 3.05) is 0 Å². The quantitative estimate of drug-likeness (QED) is 0.898. The van der Waals surface area contributed by atoms with Gasteiger partial charge in [-0.1, -0.05) is 46.3 Å². The highest BCUT2D eigenvalue weighted by Crippen LogP contribution is 2.20. The summed E-state index contributed by atoms with van der Waals surface area (Å²) >= 11 is 3.49. The smallest absolute Gasteiger partial charge is 0.0335 e. The van der Waals surface area contributed by atoms with Gasteiger partial charge in [0.2, 0.25) is 0 Å². The summed E-state index contributed by atoms with van der Waals surface area (Å²) in [7, 11) is 0. The molecular weight excluding hydrogens is 286 g/mol. The third-order valence-corrected chi connectivity index (χ3v) is 3.80. The molecule has 0 aliphatic rings. The van der Waals surface area contributed by atoms with E-state index in [2.05, 4.69) is 60.1 Å². The zero-order chi connectivity index (χ0) is 13.1. The molecule has 2 N–H and O–H groups in total. The standard InChI is InChI=1S/C16H18BrN/c1-11-6-7-14(8-12(11)2)16(18)10-13-4-3-5-15(17)9-13/h3-9,16H,10,18H2,1-2H3. The fourth-order valence-corrected chi connectivity index (χ4v) is 2.48. The van der Waals surface area contributed by atoms with Crippen molar-refractivity contribution in [2.24, 2.45) is 5.73 Å². The van der Waals surface area contributed by atoms with Crippen molar-refractivity contribution >= 4 is 15.9 Å². The molecule has 0 aromatic heterocycles. The van der Waals surface area contributed by atoms with Gasteiger partial charge in [0, 0.05) is 10.5 Å². The number of benzene rings is 2. The number of hydrogen-bond donors (Lipinski definition) is 1. The number of hydrogen-bond acceptors (Lipinski definition) is 1. The maximum atomic E-state index is 6.28. The summed E-state index contributed by atoms with van der Waals surface area (Å²) in [5, 5.41) is 0. The van der Waals surface area contributed by atoms with Crippen LogP contribution in [0.2, 0.25) is 0 Å². The Kier molecular flexibility index (Phi) is 4.20. The Bertz CT molecular complexity index is 549. The van der Waals surface area contributed by atoms with Gasteiger partial charge < -0.3 is 5.73 Å². The molecular formula is C16H18BrN. The van der Waals surface area contributed by atoms with Crippen molar-refractivity contribution in [3.8, 4) is 0 Å². The lowest BCUT2D eigenvalue weighted by atomic mass is 9.97. The van der Waals surface area contributed by atoms with Crippen LogP contribution in [0.5, 0.6) is 0 Å². The van der Waals surface area contributed by atoms with Gasteiger partial charge in [0.15, 0.2) is 0 Å². The van der Waals surface area contributed by atoms with E-state index in [-0.39, 0.29) is 6.04 Å². The largest absolute Gasteiger partial charge is 0.324 e. The maximum Gasteiger partial charge on any atom is 0.0335 e. The van der Waals surface area contributed by atoms with Crippen LogP contribution in [0.15, 0.2) is 46.9 Å². The summed E-state index contributed by atoms with van der Waals surface area (Å²) in [5.41, 5.74) is 11.4. The molecule has 0 radical (unpaired) electrons. The van der Waals surface area contributed by atoms with Crippen LogP contribution in [0.25, 0.3) is 0 Å². The van der Waals surface area contributed by atoms with Crippen molar-refractivity contribution in [2.45, 2.75) is 26.3 Å². The van der Waals surface area contributed by atoms with Gasteiger partial charge in [-0.05, 0) is 54.7 Å². The van der Waals surface area contributed by atoms with E-state index in [9.17, 15) is 0 Å². The van der Waals surface area contributed by atoms with Crippen molar-refractivity contribution in [3.05, 3.63) is 69.2 Å². The molecule has 0 bridgehead atoms. The van der Waals surface area contributed by atoms with E-state index in [1.165, 1.54) is 22.3 Å². The van der Waals surface area contributed by atoms with E-state index in [1.807, 2.05) is 12.1 Å². The Morgan fingerprint density at radius 2 is 1.83 bits per heavy atom. The van der Waals surface area contributed by atoms with Crippen LogP contribution in [0.4, 0.5) is 0 Å². The van der Waals surface area contributed by atoms with Crippen LogP contribution in [-0.4, -0.2) is 0 Å². The molecule has 1 nitrogen and oxygen atoms in total. The van der Waals surface area contributed by atoms with Gasteiger partial charge in [-0.3, -0.25) is 0 Å². The molecule has 2 aromatic rings. The zero-order valence-electron chi connectivity index (χ0n) is 10.8. The highest BCUT2D eigenvalue weighted by molar-refractivity contribution is 9.10. The Hall–Kier alpha value is -1.12. The summed E-state index contributed by atoms with van der Waals surface area (Å²) in [6.07, 6.45) is 0.863. The minimum atomic E-state index is 0.0543. The summed E-state index contributed by atoms with van der Waals surface area (Å²) < 4.78 is 1.10. The van der Waals surface area contributed by atoms with Gasteiger partial charge in [0.1, 0.15) is 0 Å². The predicted octanol–water partition coefficient (Wildman–Crippen LogP) is 4.31. The van der Waals surface area contributed by atoms with Crippen LogP contribution in [-0.2, 0) is 6.42 Å². The van der Waals surface area contributed by atoms with E-state index in [0.29, 0.717) is 0 Å². The summed E-state index contributed by atoms with van der Waals surface area (Å²) in [6, 6.07) is 14.8.